The van der Waals surface area contributed by atoms with E-state index < -0.39 is 5.41 Å². The molecule has 0 unspecified atom stereocenters. The third-order valence-corrected chi connectivity index (χ3v) is 13.0. The van der Waals surface area contributed by atoms with E-state index >= 15 is 0 Å². The van der Waals surface area contributed by atoms with E-state index in [1.165, 1.54) is 65.1 Å². The maximum atomic E-state index is 6.55. The Balaban J connectivity index is 1.03. The molecule has 0 saturated carbocycles. The van der Waals surface area contributed by atoms with Crippen LogP contribution in [0.5, 0.6) is 0 Å². The van der Waals surface area contributed by atoms with Crippen LogP contribution in [0.2, 0.25) is 0 Å². The molecule has 1 aromatic heterocycles. The van der Waals surface area contributed by atoms with Gasteiger partial charge in [-0.1, -0.05) is 151 Å². The van der Waals surface area contributed by atoms with Crippen LogP contribution in [0, 0.1) is 0 Å². The van der Waals surface area contributed by atoms with Gasteiger partial charge in [0.2, 0.25) is 0 Å². The average molecular weight is 732 g/mol. The first-order valence-corrected chi connectivity index (χ1v) is 20.0. The highest BCUT2D eigenvalue weighted by atomic mass is 32.2. The number of para-hydroxylation sites is 3. The second-order valence-electron chi connectivity index (χ2n) is 14.8. The molecule has 1 aliphatic heterocycles. The summed E-state index contributed by atoms with van der Waals surface area (Å²) < 4.78 is 6.55. The molecule has 2 aliphatic rings. The van der Waals surface area contributed by atoms with E-state index in [0.717, 1.165) is 39.0 Å². The van der Waals surface area contributed by atoms with Crippen molar-refractivity contribution in [1.29, 1.82) is 0 Å². The standard InChI is InChI=1S/C53H33NOS/c1-2-15-38(16-3-1)54(48-23-12-20-43-42-19-8-11-24-49(42)55-52(43)48)39-28-25-34(26-29-39)37-27-30-50-46(32-37)53(47-31-35-13-4-5-14-36(35)33-51(47)56-50)44-21-9-6-17-40(44)41-18-7-10-22-45(41)53/h1-33H. The minimum atomic E-state index is -0.446. The number of hydrogen-bond donors (Lipinski definition) is 0. The first-order valence-electron chi connectivity index (χ1n) is 19.2. The lowest BCUT2D eigenvalue weighted by Gasteiger charge is -2.40. The van der Waals surface area contributed by atoms with Gasteiger partial charge in [0.15, 0.2) is 5.58 Å². The summed E-state index contributed by atoms with van der Waals surface area (Å²) >= 11 is 1.90. The third kappa shape index (κ3) is 4.46. The lowest BCUT2D eigenvalue weighted by atomic mass is 9.66. The Bertz CT molecular complexity index is 3130. The van der Waals surface area contributed by atoms with Gasteiger partial charge in [0.1, 0.15) is 5.58 Å². The van der Waals surface area contributed by atoms with Gasteiger partial charge in [-0.2, -0.15) is 0 Å². The molecule has 1 aliphatic carbocycles. The van der Waals surface area contributed by atoms with E-state index in [9.17, 15) is 0 Å². The van der Waals surface area contributed by atoms with Crippen LogP contribution in [0.1, 0.15) is 22.3 Å². The summed E-state index contributed by atoms with van der Waals surface area (Å²) in [7, 11) is 0. The van der Waals surface area contributed by atoms with Gasteiger partial charge >= 0.3 is 0 Å². The molecule has 1 spiro atoms. The summed E-state index contributed by atoms with van der Waals surface area (Å²) in [5.41, 5.74) is 14.9. The molecular formula is C53H33NOS. The highest BCUT2D eigenvalue weighted by Crippen LogP contribution is 2.63. The summed E-state index contributed by atoms with van der Waals surface area (Å²) in [5.74, 6) is 0. The summed E-state index contributed by atoms with van der Waals surface area (Å²) in [4.78, 5) is 4.93. The van der Waals surface area contributed by atoms with Gasteiger partial charge in [0, 0.05) is 31.9 Å². The maximum Gasteiger partial charge on any atom is 0.159 e. The van der Waals surface area contributed by atoms with Gasteiger partial charge < -0.3 is 9.32 Å². The zero-order valence-electron chi connectivity index (χ0n) is 30.3. The Morgan fingerprint density at radius 1 is 0.411 bits per heavy atom. The van der Waals surface area contributed by atoms with Gasteiger partial charge in [-0.05, 0) is 116 Å². The van der Waals surface area contributed by atoms with Crippen molar-refractivity contribution in [3.8, 4) is 22.3 Å². The van der Waals surface area contributed by atoms with Crippen molar-refractivity contribution >= 4 is 61.5 Å². The van der Waals surface area contributed by atoms with E-state index in [4.69, 9.17) is 4.42 Å². The fraction of sp³-hybridized carbons (Fsp3) is 0.0189. The third-order valence-electron chi connectivity index (χ3n) is 11.9. The molecule has 0 radical (unpaired) electrons. The largest absolute Gasteiger partial charge is 0.454 e. The van der Waals surface area contributed by atoms with Gasteiger partial charge in [-0.15, -0.1) is 0 Å². The fourth-order valence-electron chi connectivity index (χ4n) is 9.48. The van der Waals surface area contributed by atoms with E-state index in [1.54, 1.807) is 0 Å². The van der Waals surface area contributed by atoms with Crippen LogP contribution in [-0.4, -0.2) is 0 Å². The quantitative estimate of drug-likeness (QED) is 0.179. The number of benzene rings is 9. The predicted molar refractivity (Wildman–Crippen MR) is 233 cm³/mol. The number of nitrogens with zero attached hydrogens (tertiary/aromatic N) is 1. The Kier molecular flexibility index (Phi) is 6.81. The number of hydrogen-bond acceptors (Lipinski definition) is 3. The van der Waals surface area contributed by atoms with Crippen molar-refractivity contribution in [2.45, 2.75) is 15.2 Å². The van der Waals surface area contributed by atoms with Crippen LogP contribution < -0.4 is 4.90 Å². The zero-order chi connectivity index (χ0) is 36.8. The molecule has 9 aromatic carbocycles. The lowest BCUT2D eigenvalue weighted by Crippen LogP contribution is -2.32. The molecule has 2 nitrogen and oxygen atoms in total. The second kappa shape index (κ2) is 12.1. The molecule has 0 bridgehead atoms. The van der Waals surface area contributed by atoms with E-state index in [1.807, 2.05) is 23.9 Å². The van der Waals surface area contributed by atoms with Crippen LogP contribution >= 0.6 is 11.8 Å². The normalized spacial score (nSPS) is 13.4. The van der Waals surface area contributed by atoms with Crippen molar-refractivity contribution in [2.75, 3.05) is 4.90 Å². The minimum absolute atomic E-state index is 0.446. The molecule has 0 saturated heterocycles. The van der Waals surface area contributed by atoms with Crippen LogP contribution in [-0.2, 0) is 5.41 Å². The topological polar surface area (TPSA) is 16.4 Å². The lowest BCUT2D eigenvalue weighted by molar-refractivity contribution is 0.669. The number of fused-ring (bicyclic) bond motifs is 13. The molecule has 0 N–H and O–H groups in total. The molecule has 2 heterocycles. The molecule has 0 amide bonds. The predicted octanol–water partition coefficient (Wildman–Crippen LogP) is 14.7. The van der Waals surface area contributed by atoms with E-state index in [2.05, 4.69) is 193 Å². The van der Waals surface area contributed by atoms with Crippen molar-refractivity contribution < 1.29 is 4.42 Å². The fourth-order valence-corrected chi connectivity index (χ4v) is 10.7. The van der Waals surface area contributed by atoms with E-state index in [0.29, 0.717) is 0 Å². The van der Waals surface area contributed by atoms with Crippen LogP contribution in [0.4, 0.5) is 17.1 Å². The Morgan fingerprint density at radius 2 is 1.02 bits per heavy atom. The first kappa shape index (κ1) is 31.5. The minimum Gasteiger partial charge on any atom is -0.454 e. The molecule has 56 heavy (non-hydrogen) atoms. The molecule has 12 rings (SSSR count). The van der Waals surface area contributed by atoms with Crippen molar-refractivity contribution in [1.82, 2.24) is 0 Å². The number of anilines is 3. The first-order chi connectivity index (χ1) is 27.8. The molecular weight excluding hydrogens is 699 g/mol. The number of rotatable bonds is 4. The summed E-state index contributed by atoms with van der Waals surface area (Å²) in [6.45, 7) is 0. The van der Waals surface area contributed by atoms with Gasteiger partial charge in [-0.3, -0.25) is 0 Å². The van der Waals surface area contributed by atoms with Crippen molar-refractivity contribution in [3.05, 3.63) is 222 Å². The Morgan fingerprint density at radius 3 is 1.80 bits per heavy atom. The average Bonchev–Trinajstić information content (AvgIpc) is 3.79. The van der Waals surface area contributed by atoms with Gasteiger partial charge in [0.25, 0.3) is 0 Å². The second-order valence-corrected chi connectivity index (χ2v) is 15.9. The summed E-state index contributed by atoms with van der Waals surface area (Å²) in [5, 5.41) is 4.78. The molecule has 3 heteroatoms. The maximum absolute atomic E-state index is 6.55. The van der Waals surface area contributed by atoms with Crippen LogP contribution in [0.25, 0.3) is 55.0 Å². The number of furan rings is 1. The smallest absolute Gasteiger partial charge is 0.159 e. The van der Waals surface area contributed by atoms with Crippen molar-refractivity contribution in [3.63, 3.8) is 0 Å². The molecule has 10 aromatic rings. The monoisotopic (exact) mass is 731 g/mol. The Hall–Kier alpha value is -6.81. The van der Waals surface area contributed by atoms with Crippen LogP contribution in [0.15, 0.2) is 214 Å². The highest BCUT2D eigenvalue weighted by Gasteiger charge is 2.50. The SMILES string of the molecule is c1ccc(N(c2ccc(-c3ccc4c(c3)C3(c5cc6ccccc6cc5S4)c4ccccc4-c4ccccc43)cc2)c2cccc3c2oc2ccccc23)cc1. The highest BCUT2D eigenvalue weighted by molar-refractivity contribution is 7.99. The molecule has 0 atom stereocenters. The van der Waals surface area contributed by atoms with Crippen molar-refractivity contribution in [2.24, 2.45) is 0 Å². The zero-order valence-corrected chi connectivity index (χ0v) is 31.1. The summed E-state index contributed by atoms with van der Waals surface area (Å²) in [6.07, 6.45) is 0. The van der Waals surface area contributed by atoms with Gasteiger partial charge in [0.05, 0.1) is 11.1 Å². The van der Waals surface area contributed by atoms with E-state index in [-0.39, 0.29) is 0 Å². The van der Waals surface area contributed by atoms with Gasteiger partial charge in [-0.25, -0.2) is 0 Å². The molecule has 0 fully saturated rings. The Labute approximate surface area is 329 Å². The van der Waals surface area contributed by atoms with Crippen LogP contribution in [0.3, 0.4) is 0 Å². The molecule has 262 valence electrons. The summed E-state index contributed by atoms with van der Waals surface area (Å²) in [6, 6.07) is 73.2.